The fraction of sp³-hybridized carbons (Fsp3) is 0.438. The Bertz CT molecular complexity index is 633. The Labute approximate surface area is 128 Å². The maximum absolute atomic E-state index is 12.6. The minimum absolute atomic E-state index is 0.0551. The third-order valence-electron chi connectivity index (χ3n) is 4.52. The maximum Gasteiger partial charge on any atom is 0.346 e. The van der Waals surface area contributed by atoms with Gasteiger partial charge in [-0.15, -0.1) is 5.01 Å². The van der Waals surface area contributed by atoms with Crippen LogP contribution in [0.25, 0.3) is 0 Å². The van der Waals surface area contributed by atoms with Gasteiger partial charge in [-0.05, 0) is 43.7 Å². The highest BCUT2D eigenvalue weighted by Crippen LogP contribution is 2.36. The first-order valence-corrected chi connectivity index (χ1v) is 7.50. The lowest BCUT2D eigenvalue weighted by Gasteiger charge is -2.33. The second-order valence-corrected chi connectivity index (χ2v) is 6.12. The second kappa shape index (κ2) is 5.44. The highest BCUT2D eigenvalue weighted by atomic mass is 16.3. The Morgan fingerprint density at radius 1 is 1.32 bits per heavy atom. The lowest BCUT2D eigenvalue weighted by Crippen LogP contribution is -2.49. The number of nitrogens with zero attached hydrogens (tertiary/aromatic N) is 2. The average Bonchev–Trinajstić information content (AvgIpc) is 2.73. The van der Waals surface area contributed by atoms with E-state index < -0.39 is 11.6 Å². The number of carbonyl (C=O) groups is 2. The molecule has 1 saturated carbocycles. The molecule has 0 aromatic heterocycles. The molecule has 1 heterocycles. The standard InChI is InChI=1S/C16H19N3O3/c1-11-6-8-16(9-7-11)14(21)19(15(22)18-16)17-10-12-4-2-3-5-13(12)20/h2-5,10-11,20H,6-9H2,1H3,(H,18,22). The van der Waals surface area contributed by atoms with Crippen LogP contribution in [0, 0.1) is 5.92 Å². The molecule has 1 aliphatic carbocycles. The van der Waals surface area contributed by atoms with E-state index >= 15 is 0 Å². The summed E-state index contributed by atoms with van der Waals surface area (Å²) in [6.07, 6.45) is 4.48. The summed E-state index contributed by atoms with van der Waals surface area (Å²) in [6, 6.07) is 6.13. The summed E-state index contributed by atoms with van der Waals surface area (Å²) < 4.78 is 0. The van der Waals surface area contributed by atoms with Crippen molar-refractivity contribution in [1.29, 1.82) is 0 Å². The summed E-state index contributed by atoms with van der Waals surface area (Å²) in [7, 11) is 0. The summed E-state index contributed by atoms with van der Waals surface area (Å²) in [6.45, 7) is 2.15. The molecule has 0 radical (unpaired) electrons. The van der Waals surface area contributed by atoms with Crippen molar-refractivity contribution in [3.8, 4) is 5.75 Å². The van der Waals surface area contributed by atoms with Crippen LogP contribution in [0.1, 0.15) is 38.2 Å². The number of nitrogens with one attached hydrogen (secondary N) is 1. The zero-order valence-electron chi connectivity index (χ0n) is 12.5. The number of hydrazone groups is 1. The first-order valence-electron chi connectivity index (χ1n) is 7.50. The monoisotopic (exact) mass is 301 g/mol. The molecule has 2 N–H and O–H groups in total. The normalized spacial score (nSPS) is 28.6. The van der Waals surface area contributed by atoms with Crippen molar-refractivity contribution in [3.63, 3.8) is 0 Å². The van der Waals surface area contributed by atoms with Crippen molar-refractivity contribution < 1.29 is 14.7 Å². The molecule has 2 aliphatic rings. The minimum Gasteiger partial charge on any atom is -0.507 e. The van der Waals surface area contributed by atoms with Gasteiger partial charge in [-0.1, -0.05) is 19.1 Å². The molecule has 1 aromatic rings. The molecule has 1 saturated heterocycles. The zero-order chi connectivity index (χ0) is 15.7. The van der Waals surface area contributed by atoms with Crippen LogP contribution in [-0.2, 0) is 4.79 Å². The average molecular weight is 301 g/mol. The van der Waals surface area contributed by atoms with Gasteiger partial charge >= 0.3 is 6.03 Å². The molecule has 0 unspecified atom stereocenters. The number of phenols is 1. The summed E-state index contributed by atoms with van der Waals surface area (Å²) >= 11 is 0. The smallest absolute Gasteiger partial charge is 0.346 e. The van der Waals surface area contributed by atoms with Crippen molar-refractivity contribution in [2.45, 2.75) is 38.1 Å². The Morgan fingerprint density at radius 3 is 2.68 bits per heavy atom. The highest BCUT2D eigenvalue weighted by molar-refractivity contribution is 6.07. The zero-order valence-corrected chi connectivity index (χ0v) is 12.5. The number of para-hydroxylation sites is 1. The Balaban J connectivity index is 1.79. The Hall–Kier alpha value is -2.37. The van der Waals surface area contributed by atoms with Gasteiger partial charge < -0.3 is 10.4 Å². The van der Waals surface area contributed by atoms with E-state index in [0.29, 0.717) is 24.3 Å². The van der Waals surface area contributed by atoms with Crippen molar-refractivity contribution in [2.75, 3.05) is 0 Å². The van der Waals surface area contributed by atoms with E-state index in [4.69, 9.17) is 0 Å². The van der Waals surface area contributed by atoms with Crippen LogP contribution in [0.2, 0.25) is 0 Å². The number of rotatable bonds is 2. The van der Waals surface area contributed by atoms with Gasteiger partial charge in [0.25, 0.3) is 5.91 Å². The highest BCUT2D eigenvalue weighted by Gasteiger charge is 2.52. The van der Waals surface area contributed by atoms with E-state index in [1.807, 2.05) is 0 Å². The molecule has 6 nitrogen and oxygen atoms in total. The topological polar surface area (TPSA) is 82.0 Å². The summed E-state index contributed by atoms with van der Waals surface area (Å²) in [5.41, 5.74) is -0.332. The number of imide groups is 1. The number of carbonyl (C=O) groups excluding carboxylic acids is 2. The van der Waals surface area contributed by atoms with Crippen LogP contribution in [0.15, 0.2) is 29.4 Å². The Morgan fingerprint density at radius 2 is 2.00 bits per heavy atom. The first-order chi connectivity index (χ1) is 10.5. The van der Waals surface area contributed by atoms with Gasteiger partial charge in [0.1, 0.15) is 11.3 Å². The number of phenolic OH excluding ortho intramolecular Hbond substituents is 1. The lowest BCUT2D eigenvalue weighted by molar-refractivity contribution is -0.132. The molecule has 3 amide bonds. The van der Waals surface area contributed by atoms with E-state index in [-0.39, 0.29) is 11.7 Å². The maximum atomic E-state index is 12.6. The molecule has 6 heteroatoms. The number of urea groups is 1. The molecule has 1 aromatic carbocycles. The minimum atomic E-state index is -0.792. The van der Waals surface area contributed by atoms with Gasteiger partial charge in [-0.25, -0.2) is 4.79 Å². The molecule has 3 rings (SSSR count). The van der Waals surface area contributed by atoms with Gasteiger partial charge in [0.15, 0.2) is 0 Å². The number of benzene rings is 1. The first kappa shape index (κ1) is 14.6. The number of amides is 3. The molecular weight excluding hydrogens is 282 g/mol. The number of hydrogen-bond acceptors (Lipinski definition) is 4. The molecule has 116 valence electrons. The molecule has 0 atom stereocenters. The van der Waals surface area contributed by atoms with Gasteiger partial charge in [0, 0.05) is 5.56 Å². The summed E-state index contributed by atoms with van der Waals surface area (Å²) in [5.74, 6) is 0.338. The van der Waals surface area contributed by atoms with Crippen molar-refractivity contribution in [3.05, 3.63) is 29.8 Å². The Kier molecular flexibility index (Phi) is 3.60. The molecule has 0 bridgehead atoms. The van der Waals surface area contributed by atoms with Crippen LogP contribution in [0.5, 0.6) is 5.75 Å². The quantitative estimate of drug-likeness (QED) is 0.649. The fourth-order valence-electron chi connectivity index (χ4n) is 3.02. The molecular formula is C16H19N3O3. The van der Waals surface area contributed by atoms with Gasteiger partial charge in [-0.2, -0.15) is 5.10 Å². The van der Waals surface area contributed by atoms with Crippen LogP contribution >= 0.6 is 0 Å². The van der Waals surface area contributed by atoms with E-state index in [0.717, 1.165) is 17.9 Å². The molecule has 1 spiro atoms. The summed E-state index contributed by atoms with van der Waals surface area (Å²) in [5, 5.41) is 17.3. The van der Waals surface area contributed by atoms with Crippen molar-refractivity contribution in [1.82, 2.24) is 10.3 Å². The van der Waals surface area contributed by atoms with Crippen LogP contribution < -0.4 is 5.32 Å². The van der Waals surface area contributed by atoms with Gasteiger partial charge in [0.05, 0.1) is 6.21 Å². The predicted octanol–water partition coefficient (Wildman–Crippen LogP) is 2.23. The van der Waals surface area contributed by atoms with E-state index in [9.17, 15) is 14.7 Å². The lowest BCUT2D eigenvalue weighted by atomic mass is 9.77. The van der Waals surface area contributed by atoms with Gasteiger partial charge in [-0.3, -0.25) is 4.79 Å². The third-order valence-corrected chi connectivity index (χ3v) is 4.52. The van der Waals surface area contributed by atoms with Crippen molar-refractivity contribution in [2.24, 2.45) is 11.0 Å². The van der Waals surface area contributed by atoms with Crippen LogP contribution in [0.3, 0.4) is 0 Å². The van der Waals surface area contributed by atoms with E-state index in [1.54, 1.807) is 18.2 Å². The molecule has 1 aliphatic heterocycles. The molecule has 2 fully saturated rings. The third kappa shape index (κ3) is 2.45. The second-order valence-electron chi connectivity index (χ2n) is 6.12. The summed E-state index contributed by atoms with van der Waals surface area (Å²) in [4.78, 5) is 24.6. The largest absolute Gasteiger partial charge is 0.507 e. The van der Waals surface area contributed by atoms with Crippen LogP contribution in [0.4, 0.5) is 4.79 Å². The predicted molar refractivity (Wildman–Crippen MR) is 81.4 cm³/mol. The van der Waals surface area contributed by atoms with E-state index in [1.165, 1.54) is 12.3 Å². The molecule has 22 heavy (non-hydrogen) atoms. The van der Waals surface area contributed by atoms with E-state index in [2.05, 4.69) is 17.3 Å². The SMILES string of the molecule is CC1CCC2(CC1)NC(=O)N(N=Cc1ccccc1O)C2=O. The number of hydrogen-bond donors (Lipinski definition) is 2. The fourth-order valence-corrected chi connectivity index (χ4v) is 3.02. The van der Waals surface area contributed by atoms with Crippen LogP contribution in [-0.4, -0.2) is 33.8 Å². The number of aromatic hydroxyl groups is 1. The van der Waals surface area contributed by atoms with Crippen molar-refractivity contribution >= 4 is 18.2 Å². The van der Waals surface area contributed by atoms with Gasteiger partial charge in [0.2, 0.25) is 0 Å².